The van der Waals surface area contributed by atoms with Gasteiger partial charge in [-0.3, -0.25) is 0 Å². The summed E-state index contributed by atoms with van der Waals surface area (Å²) in [6, 6.07) is 0. The summed E-state index contributed by atoms with van der Waals surface area (Å²) in [5.74, 6) is 5.64. The lowest BCUT2D eigenvalue weighted by Crippen LogP contribution is -2.33. The summed E-state index contributed by atoms with van der Waals surface area (Å²) < 4.78 is 0. The first-order valence-corrected chi connectivity index (χ1v) is 3.76. The second kappa shape index (κ2) is 4.19. The molecule has 0 aromatic heterocycles. The standard InChI is InChI=1S/C9H18N2/c1-5-6-7-11(10)8-9(2,3)4/h5-7H,1,8,10H2,2-4H3/b7-6+. The summed E-state index contributed by atoms with van der Waals surface area (Å²) in [5, 5.41) is 1.67. The van der Waals surface area contributed by atoms with Crippen molar-refractivity contribution in [2.75, 3.05) is 6.54 Å². The van der Waals surface area contributed by atoms with Gasteiger partial charge in [0.2, 0.25) is 0 Å². The van der Waals surface area contributed by atoms with Crippen molar-refractivity contribution in [3.63, 3.8) is 0 Å². The molecule has 0 aliphatic heterocycles. The Kier molecular flexibility index (Phi) is 3.90. The molecule has 0 fully saturated rings. The van der Waals surface area contributed by atoms with Crippen molar-refractivity contribution in [3.05, 3.63) is 24.9 Å². The Hall–Kier alpha value is -0.760. The molecule has 0 aromatic rings. The maximum Gasteiger partial charge on any atom is 0.0383 e. The predicted molar refractivity (Wildman–Crippen MR) is 49.7 cm³/mol. The summed E-state index contributed by atoms with van der Waals surface area (Å²) >= 11 is 0. The molecule has 0 aromatic carbocycles. The van der Waals surface area contributed by atoms with Crippen molar-refractivity contribution in [2.45, 2.75) is 20.8 Å². The minimum atomic E-state index is 0.236. The molecule has 0 aliphatic carbocycles. The van der Waals surface area contributed by atoms with Crippen molar-refractivity contribution in [3.8, 4) is 0 Å². The molecule has 2 nitrogen and oxygen atoms in total. The Morgan fingerprint density at radius 3 is 2.36 bits per heavy atom. The second-order valence-corrected chi connectivity index (χ2v) is 3.81. The fourth-order valence-electron chi connectivity index (χ4n) is 0.772. The largest absolute Gasteiger partial charge is 0.318 e. The SMILES string of the molecule is C=C/C=C/N(N)CC(C)(C)C. The number of hydrazine groups is 1. The van der Waals surface area contributed by atoms with Crippen molar-refractivity contribution in [1.29, 1.82) is 0 Å². The number of nitrogens with zero attached hydrogens (tertiary/aromatic N) is 1. The number of nitrogens with two attached hydrogens (primary N) is 1. The zero-order valence-electron chi connectivity index (χ0n) is 7.67. The minimum Gasteiger partial charge on any atom is -0.318 e. The Balaban J connectivity index is 3.78. The summed E-state index contributed by atoms with van der Waals surface area (Å²) in [4.78, 5) is 0. The molecule has 0 bridgehead atoms. The van der Waals surface area contributed by atoms with E-state index in [0.29, 0.717) is 0 Å². The van der Waals surface area contributed by atoms with Crippen LogP contribution in [-0.2, 0) is 0 Å². The lowest BCUT2D eigenvalue weighted by atomic mass is 9.97. The van der Waals surface area contributed by atoms with E-state index >= 15 is 0 Å². The number of hydrogen-bond acceptors (Lipinski definition) is 2. The van der Waals surface area contributed by atoms with E-state index in [1.54, 1.807) is 11.1 Å². The van der Waals surface area contributed by atoms with Crippen molar-refractivity contribution >= 4 is 0 Å². The van der Waals surface area contributed by atoms with Gasteiger partial charge in [-0.05, 0) is 11.5 Å². The fourth-order valence-corrected chi connectivity index (χ4v) is 0.772. The quantitative estimate of drug-likeness (QED) is 0.382. The molecule has 0 saturated heterocycles. The highest BCUT2D eigenvalue weighted by molar-refractivity contribution is 4.96. The van der Waals surface area contributed by atoms with Crippen LogP contribution in [0.1, 0.15) is 20.8 Å². The average Bonchev–Trinajstić information content (AvgIpc) is 1.79. The Bertz CT molecular complexity index is 142. The molecule has 0 aliphatic rings. The Morgan fingerprint density at radius 2 is 2.00 bits per heavy atom. The summed E-state index contributed by atoms with van der Waals surface area (Å²) in [5.41, 5.74) is 0.236. The monoisotopic (exact) mass is 154 g/mol. The zero-order chi connectivity index (χ0) is 8.91. The third-order valence-electron chi connectivity index (χ3n) is 1.07. The molecule has 11 heavy (non-hydrogen) atoms. The van der Waals surface area contributed by atoms with E-state index < -0.39 is 0 Å². The van der Waals surface area contributed by atoms with Crippen LogP contribution in [-0.4, -0.2) is 11.6 Å². The van der Waals surface area contributed by atoms with Crippen LogP contribution in [0.2, 0.25) is 0 Å². The lowest BCUT2D eigenvalue weighted by Gasteiger charge is -2.24. The van der Waals surface area contributed by atoms with Crippen molar-refractivity contribution in [2.24, 2.45) is 11.3 Å². The van der Waals surface area contributed by atoms with Crippen LogP contribution in [0.25, 0.3) is 0 Å². The molecule has 0 radical (unpaired) electrons. The molecule has 0 unspecified atom stereocenters. The van der Waals surface area contributed by atoms with Gasteiger partial charge in [0, 0.05) is 12.7 Å². The average molecular weight is 154 g/mol. The van der Waals surface area contributed by atoms with Gasteiger partial charge in [0.1, 0.15) is 0 Å². The van der Waals surface area contributed by atoms with Crippen LogP contribution in [0.3, 0.4) is 0 Å². The van der Waals surface area contributed by atoms with Crippen molar-refractivity contribution in [1.82, 2.24) is 5.01 Å². The van der Waals surface area contributed by atoms with Crippen LogP contribution in [0.5, 0.6) is 0 Å². The molecule has 0 saturated carbocycles. The molecule has 0 amide bonds. The third kappa shape index (κ3) is 7.13. The van der Waals surface area contributed by atoms with Crippen LogP contribution < -0.4 is 5.84 Å². The first kappa shape index (κ1) is 10.2. The number of allylic oxidation sites excluding steroid dienone is 2. The van der Waals surface area contributed by atoms with E-state index in [1.807, 2.05) is 12.3 Å². The molecule has 0 heterocycles. The Labute approximate surface area is 69.3 Å². The van der Waals surface area contributed by atoms with Gasteiger partial charge < -0.3 is 5.01 Å². The topological polar surface area (TPSA) is 29.3 Å². The van der Waals surface area contributed by atoms with Gasteiger partial charge in [-0.1, -0.05) is 33.4 Å². The van der Waals surface area contributed by atoms with Gasteiger partial charge in [0.15, 0.2) is 0 Å². The smallest absolute Gasteiger partial charge is 0.0383 e. The minimum absolute atomic E-state index is 0.236. The summed E-state index contributed by atoms with van der Waals surface area (Å²) in [6.07, 6.45) is 5.35. The molecule has 2 heteroatoms. The van der Waals surface area contributed by atoms with E-state index in [1.165, 1.54) is 0 Å². The van der Waals surface area contributed by atoms with Crippen LogP contribution in [0.4, 0.5) is 0 Å². The maximum atomic E-state index is 5.64. The highest BCUT2D eigenvalue weighted by Crippen LogP contribution is 2.13. The maximum absolute atomic E-state index is 5.64. The number of rotatable bonds is 3. The van der Waals surface area contributed by atoms with Crippen LogP contribution in [0.15, 0.2) is 24.9 Å². The van der Waals surface area contributed by atoms with Gasteiger partial charge >= 0.3 is 0 Å². The van der Waals surface area contributed by atoms with E-state index in [4.69, 9.17) is 5.84 Å². The van der Waals surface area contributed by atoms with Crippen LogP contribution in [0, 0.1) is 5.41 Å². The molecule has 0 spiro atoms. The second-order valence-electron chi connectivity index (χ2n) is 3.81. The molecular formula is C9H18N2. The fraction of sp³-hybridized carbons (Fsp3) is 0.556. The molecule has 0 atom stereocenters. The van der Waals surface area contributed by atoms with Gasteiger partial charge in [0.05, 0.1) is 0 Å². The lowest BCUT2D eigenvalue weighted by molar-refractivity contribution is 0.256. The predicted octanol–water partition coefficient (Wildman–Crippen LogP) is 1.91. The summed E-state index contributed by atoms with van der Waals surface area (Å²) in [7, 11) is 0. The highest BCUT2D eigenvalue weighted by atomic mass is 15.4. The first-order chi connectivity index (χ1) is 4.95. The zero-order valence-corrected chi connectivity index (χ0v) is 7.67. The number of hydrogen-bond donors (Lipinski definition) is 1. The third-order valence-corrected chi connectivity index (χ3v) is 1.07. The molecule has 0 rings (SSSR count). The van der Waals surface area contributed by atoms with Gasteiger partial charge in [0.25, 0.3) is 0 Å². The van der Waals surface area contributed by atoms with Crippen molar-refractivity contribution < 1.29 is 0 Å². The molecule has 64 valence electrons. The summed E-state index contributed by atoms with van der Waals surface area (Å²) in [6.45, 7) is 10.8. The van der Waals surface area contributed by atoms with Crippen LogP contribution >= 0.6 is 0 Å². The van der Waals surface area contributed by atoms with Gasteiger partial charge in [-0.2, -0.15) is 0 Å². The van der Waals surface area contributed by atoms with Gasteiger partial charge in [-0.15, -0.1) is 0 Å². The normalized spacial score (nSPS) is 12.0. The Morgan fingerprint density at radius 1 is 1.45 bits per heavy atom. The highest BCUT2D eigenvalue weighted by Gasteiger charge is 2.11. The molecule has 2 N–H and O–H groups in total. The van der Waals surface area contributed by atoms with E-state index in [2.05, 4.69) is 27.4 Å². The van der Waals surface area contributed by atoms with E-state index in [9.17, 15) is 0 Å². The first-order valence-electron chi connectivity index (χ1n) is 3.76. The van der Waals surface area contributed by atoms with E-state index in [-0.39, 0.29) is 5.41 Å². The van der Waals surface area contributed by atoms with E-state index in [0.717, 1.165) is 6.54 Å². The molecular weight excluding hydrogens is 136 g/mol. The van der Waals surface area contributed by atoms with Gasteiger partial charge in [-0.25, -0.2) is 5.84 Å².